The minimum Gasteiger partial charge on any atom is -0.445 e. The number of allylic oxidation sites excluding steroid dienone is 1. The van der Waals surface area contributed by atoms with E-state index in [-0.39, 0.29) is 18.8 Å². The van der Waals surface area contributed by atoms with Gasteiger partial charge in [-0.05, 0) is 36.1 Å². The summed E-state index contributed by atoms with van der Waals surface area (Å²) in [5.41, 5.74) is 8.44. The van der Waals surface area contributed by atoms with E-state index >= 15 is 0 Å². The van der Waals surface area contributed by atoms with E-state index in [0.29, 0.717) is 6.42 Å². The first-order chi connectivity index (χ1) is 15.7. The highest BCUT2D eigenvalue weighted by atomic mass is 16.7. The maximum atomic E-state index is 12.6. The number of rotatable bonds is 8. The molecule has 0 saturated carbocycles. The fourth-order valence-electron chi connectivity index (χ4n) is 3.66. The van der Waals surface area contributed by atoms with E-state index in [1.165, 1.54) is 11.1 Å². The number of benzene rings is 3. The van der Waals surface area contributed by atoms with Crippen LogP contribution in [0.5, 0.6) is 0 Å². The summed E-state index contributed by atoms with van der Waals surface area (Å²) in [4.78, 5) is 18.4. The van der Waals surface area contributed by atoms with E-state index in [1.807, 2.05) is 85.8 Å². The van der Waals surface area contributed by atoms with Crippen molar-refractivity contribution < 1.29 is 14.4 Å². The van der Waals surface area contributed by atoms with Crippen molar-refractivity contribution in [2.45, 2.75) is 38.5 Å². The smallest absolute Gasteiger partial charge is 0.407 e. The Labute approximate surface area is 189 Å². The SMILES string of the molecule is Cc1ccc(COC(=O)NC(Cc2ccccc2)C2C=C(Cc3ccccc3)NO2)cc1. The van der Waals surface area contributed by atoms with E-state index in [0.717, 1.165) is 23.2 Å². The third-order valence-corrected chi connectivity index (χ3v) is 5.42. The Morgan fingerprint density at radius 3 is 2.28 bits per heavy atom. The molecule has 5 heteroatoms. The van der Waals surface area contributed by atoms with Crippen molar-refractivity contribution in [1.82, 2.24) is 10.8 Å². The van der Waals surface area contributed by atoms with Gasteiger partial charge in [-0.25, -0.2) is 4.79 Å². The van der Waals surface area contributed by atoms with Crippen LogP contribution in [0.1, 0.15) is 22.3 Å². The molecule has 3 aromatic carbocycles. The third kappa shape index (κ3) is 6.22. The van der Waals surface area contributed by atoms with Crippen LogP contribution < -0.4 is 10.8 Å². The summed E-state index contributed by atoms with van der Waals surface area (Å²) in [6.45, 7) is 2.25. The molecule has 0 radical (unpaired) electrons. The number of ether oxygens (including phenoxy) is 1. The van der Waals surface area contributed by atoms with Gasteiger partial charge in [0.05, 0.1) is 6.04 Å². The molecule has 1 heterocycles. The molecule has 4 rings (SSSR count). The zero-order valence-electron chi connectivity index (χ0n) is 18.2. The molecule has 0 bridgehead atoms. The summed E-state index contributed by atoms with van der Waals surface area (Å²) in [5, 5.41) is 3.00. The van der Waals surface area contributed by atoms with Crippen LogP contribution in [-0.4, -0.2) is 18.2 Å². The first-order valence-corrected chi connectivity index (χ1v) is 10.8. The van der Waals surface area contributed by atoms with E-state index in [1.54, 1.807) is 0 Å². The van der Waals surface area contributed by atoms with Gasteiger partial charge in [-0.15, -0.1) is 0 Å². The van der Waals surface area contributed by atoms with E-state index in [9.17, 15) is 4.79 Å². The molecule has 0 fully saturated rings. The quantitative estimate of drug-likeness (QED) is 0.538. The van der Waals surface area contributed by atoms with Crippen molar-refractivity contribution in [3.8, 4) is 0 Å². The Hall–Kier alpha value is -3.57. The molecule has 2 N–H and O–H groups in total. The minimum atomic E-state index is -0.458. The van der Waals surface area contributed by atoms with Crippen LogP contribution in [0.15, 0.2) is 96.7 Å². The van der Waals surface area contributed by atoms with E-state index < -0.39 is 6.09 Å². The van der Waals surface area contributed by atoms with Gasteiger partial charge in [0.25, 0.3) is 0 Å². The van der Waals surface area contributed by atoms with E-state index in [2.05, 4.69) is 22.9 Å². The summed E-state index contributed by atoms with van der Waals surface area (Å²) >= 11 is 0. The lowest BCUT2D eigenvalue weighted by Gasteiger charge is -2.22. The molecule has 1 aliphatic rings. The fraction of sp³-hybridized carbons (Fsp3) is 0.222. The highest BCUT2D eigenvalue weighted by Crippen LogP contribution is 2.18. The Kier molecular flexibility index (Phi) is 7.20. The Morgan fingerprint density at radius 2 is 1.59 bits per heavy atom. The standard InChI is InChI=1S/C27H28N2O3/c1-20-12-14-23(15-13-20)19-31-27(30)28-25(17-22-10-6-3-7-11-22)26-18-24(29-32-26)16-21-8-4-2-5-9-21/h2-15,18,25-26,29H,16-17,19H2,1H3,(H,28,30). The summed E-state index contributed by atoms with van der Waals surface area (Å²) in [7, 11) is 0. The second kappa shape index (κ2) is 10.6. The van der Waals surface area contributed by atoms with Crippen LogP contribution in [0.2, 0.25) is 0 Å². The number of aryl methyl sites for hydroxylation is 1. The molecule has 5 nitrogen and oxygen atoms in total. The fourth-order valence-corrected chi connectivity index (χ4v) is 3.66. The molecule has 0 spiro atoms. The number of hydroxylamine groups is 1. The lowest BCUT2D eigenvalue weighted by molar-refractivity contribution is 0.0191. The number of amides is 1. The molecule has 0 saturated heterocycles. The van der Waals surface area contributed by atoms with E-state index in [4.69, 9.17) is 9.57 Å². The average Bonchev–Trinajstić information content (AvgIpc) is 3.28. The number of hydrogen-bond donors (Lipinski definition) is 2. The van der Waals surface area contributed by atoms with Crippen molar-refractivity contribution in [3.63, 3.8) is 0 Å². The van der Waals surface area contributed by atoms with Crippen LogP contribution in [0, 0.1) is 6.92 Å². The van der Waals surface area contributed by atoms with Crippen LogP contribution in [0.3, 0.4) is 0 Å². The molecule has 2 unspecified atom stereocenters. The number of carbonyl (C=O) groups is 1. The first kappa shape index (κ1) is 21.7. The number of hydrogen-bond acceptors (Lipinski definition) is 4. The molecule has 32 heavy (non-hydrogen) atoms. The summed E-state index contributed by atoms with van der Waals surface area (Å²) in [6, 6.07) is 27.9. The van der Waals surface area contributed by atoms with Crippen LogP contribution in [0.4, 0.5) is 4.79 Å². The zero-order chi connectivity index (χ0) is 22.2. The molecule has 1 amide bonds. The molecular formula is C27H28N2O3. The highest BCUT2D eigenvalue weighted by Gasteiger charge is 2.28. The maximum Gasteiger partial charge on any atom is 0.407 e. The second-order valence-corrected chi connectivity index (χ2v) is 8.04. The van der Waals surface area contributed by atoms with Gasteiger partial charge in [-0.3, -0.25) is 10.3 Å². The van der Waals surface area contributed by atoms with Gasteiger partial charge in [0.2, 0.25) is 0 Å². The summed E-state index contributed by atoms with van der Waals surface area (Å²) < 4.78 is 5.47. The molecule has 2 atom stereocenters. The molecular weight excluding hydrogens is 400 g/mol. The summed E-state index contributed by atoms with van der Waals surface area (Å²) in [6.07, 6.45) is 2.65. The number of alkyl carbamates (subject to hydrolysis) is 1. The molecule has 164 valence electrons. The van der Waals surface area contributed by atoms with Gasteiger partial charge in [0.1, 0.15) is 12.7 Å². The topological polar surface area (TPSA) is 59.6 Å². The van der Waals surface area contributed by atoms with Crippen LogP contribution in [0.25, 0.3) is 0 Å². The van der Waals surface area contributed by atoms with Gasteiger partial charge in [-0.2, -0.15) is 0 Å². The largest absolute Gasteiger partial charge is 0.445 e. The first-order valence-electron chi connectivity index (χ1n) is 10.8. The van der Waals surface area contributed by atoms with Crippen molar-refractivity contribution in [1.29, 1.82) is 0 Å². The van der Waals surface area contributed by atoms with Crippen molar-refractivity contribution in [3.05, 3.63) is 119 Å². The predicted molar refractivity (Wildman–Crippen MR) is 125 cm³/mol. The molecule has 3 aromatic rings. The van der Waals surface area contributed by atoms with Gasteiger partial charge >= 0.3 is 6.09 Å². The average molecular weight is 429 g/mol. The van der Waals surface area contributed by atoms with Gasteiger partial charge in [-0.1, -0.05) is 90.5 Å². The predicted octanol–water partition coefficient (Wildman–Crippen LogP) is 4.86. The zero-order valence-corrected chi connectivity index (χ0v) is 18.2. The third-order valence-electron chi connectivity index (χ3n) is 5.42. The Balaban J connectivity index is 1.41. The van der Waals surface area contributed by atoms with Gasteiger partial charge < -0.3 is 10.1 Å². The minimum absolute atomic E-state index is 0.225. The lowest BCUT2D eigenvalue weighted by Crippen LogP contribution is -2.45. The summed E-state index contributed by atoms with van der Waals surface area (Å²) in [5.74, 6) is 0. The Morgan fingerprint density at radius 1 is 0.938 bits per heavy atom. The van der Waals surface area contributed by atoms with Crippen LogP contribution >= 0.6 is 0 Å². The van der Waals surface area contributed by atoms with Crippen molar-refractivity contribution in [2.24, 2.45) is 0 Å². The monoisotopic (exact) mass is 428 g/mol. The van der Waals surface area contributed by atoms with Crippen molar-refractivity contribution in [2.75, 3.05) is 0 Å². The highest BCUT2D eigenvalue weighted by molar-refractivity contribution is 5.67. The van der Waals surface area contributed by atoms with Gasteiger partial charge in [0, 0.05) is 12.1 Å². The lowest BCUT2D eigenvalue weighted by atomic mass is 10.00. The second-order valence-electron chi connectivity index (χ2n) is 8.04. The molecule has 0 aliphatic carbocycles. The van der Waals surface area contributed by atoms with Gasteiger partial charge in [0.15, 0.2) is 0 Å². The number of carbonyl (C=O) groups excluding carboxylic acids is 1. The number of nitrogens with one attached hydrogen (secondary N) is 2. The normalized spacial score (nSPS) is 16.0. The Bertz CT molecular complexity index is 1030. The molecule has 0 aromatic heterocycles. The van der Waals surface area contributed by atoms with Crippen LogP contribution in [-0.2, 0) is 29.0 Å². The molecule has 1 aliphatic heterocycles. The van der Waals surface area contributed by atoms with Crippen molar-refractivity contribution >= 4 is 6.09 Å². The maximum absolute atomic E-state index is 12.6.